The molecule has 3 rings (SSSR count). The summed E-state index contributed by atoms with van der Waals surface area (Å²) in [5.74, 6) is 0.844. The number of hydrogen-bond donors (Lipinski definition) is 1. The van der Waals surface area contributed by atoms with Gasteiger partial charge in [0.2, 0.25) is 0 Å². The first kappa shape index (κ1) is 13.2. The lowest BCUT2D eigenvalue weighted by Crippen LogP contribution is -2.03. The number of phenols is 1. The molecule has 0 bridgehead atoms. The number of benzene rings is 1. The van der Waals surface area contributed by atoms with Crippen molar-refractivity contribution in [1.29, 1.82) is 0 Å². The van der Waals surface area contributed by atoms with E-state index in [0.717, 1.165) is 23.2 Å². The molecule has 0 spiro atoms. The van der Waals surface area contributed by atoms with Crippen molar-refractivity contribution in [2.24, 2.45) is 0 Å². The molecule has 5 heteroatoms. The van der Waals surface area contributed by atoms with Gasteiger partial charge in [0.05, 0.1) is 11.4 Å². The summed E-state index contributed by atoms with van der Waals surface area (Å²) >= 11 is 0. The first-order valence-electron chi connectivity index (χ1n) is 6.51. The zero-order chi connectivity index (χ0) is 15.0. The molecule has 0 aliphatic rings. The third-order valence-electron chi connectivity index (χ3n) is 3.41. The molecule has 21 heavy (non-hydrogen) atoms. The number of aromatic nitrogens is 2. The average molecular weight is 282 g/mol. The number of aldehydes is 1. The highest BCUT2D eigenvalue weighted by atomic mass is 16.5. The lowest BCUT2D eigenvalue weighted by Gasteiger charge is -2.11. The molecule has 0 saturated carbocycles. The number of carbonyl (C=O) groups excluding carboxylic acids is 1. The van der Waals surface area contributed by atoms with E-state index >= 15 is 0 Å². The monoisotopic (exact) mass is 282 g/mol. The summed E-state index contributed by atoms with van der Waals surface area (Å²) in [5.41, 5.74) is 3.73. The standard InChI is InChI=1S/C16H14N2O3/c1-10-16(11(2)21-17-10)18-13(9-19)5-8-15(18)12-3-6-14(20)7-4-12/h3-9,20H,1-2H3. The lowest BCUT2D eigenvalue weighted by atomic mass is 10.1. The molecule has 0 fully saturated rings. The fourth-order valence-electron chi connectivity index (χ4n) is 2.45. The van der Waals surface area contributed by atoms with Crippen LogP contribution in [0.25, 0.3) is 16.9 Å². The molecule has 0 aliphatic carbocycles. The fraction of sp³-hybridized carbons (Fsp3) is 0.125. The molecule has 1 N–H and O–H groups in total. The minimum Gasteiger partial charge on any atom is -0.508 e. The Morgan fingerprint density at radius 3 is 2.43 bits per heavy atom. The largest absolute Gasteiger partial charge is 0.508 e. The minimum absolute atomic E-state index is 0.199. The Morgan fingerprint density at radius 2 is 1.86 bits per heavy atom. The molecule has 2 heterocycles. The van der Waals surface area contributed by atoms with Gasteiger partial charge in [0, 0.05) is 0 Å². The van der Waals surface area contributed by atoms with Crippen LogP contribution in [0.2, 0.25) is 0 Å². The van der Waals surface area contributed by atoms with Crippen LogP contribution in [-0.4, -0.2) is 21.1 Å². The SMILES string of the molecule is Cc1noc(C)c1-n1c(C=O)ccc1-c1ccc(O)cc1. The van der Waals surface area contributed by atoms with Gasteiger partial charge in [-0.25, -0.2) is 0 Å². The summed E-state index contributed by atoms with van der Waals surface area (Å²) in [6, 6.07) is 10.4. The van der Waals surface area contributed by atoms with Crippen LogP contribution in [0.4, 0.5) is 0 Å². The number of hydrogen-bond acceptors (Lipinski definition) is 4. The van der Waals surface area contributed by atoms with Gasteiger partial charge in [-0.05, 0) is 55.8 Å². The van der Waals surface area contributed by atoms with E-state index in [0.29, 0.717) is 17.1 Å². The second-order valence-corrected chi connectivity index (χ2v) is 4.82. The van der Waals surface area contributed by atoms with Crippen molar-refractivity contribution >= 4 is 6.29 Å². The maximum absolute atomic E-state index is 11.3. The van der Waals surface area contributed by atoms with Crippen molar-refractivity contribution in [3.8, 4) is 22.7 Å². The Kier molecular flexibility index (Phi) is 3.10. The van der Waals surface area contributed by atoms with E-state index in [1.165, 1.54) is 0 Å². The summed E-state index contributed by atoms with van der Waals surface area (Å²) in [6.45, 7) is 3.64. The van der Waals surface area contributed by atoms with Crippen LogP contribution < -0.4 is 0 Å². The van der Waals surface area contributed by atoms with Crippen LogP contribution in [-0.2, 0) is 0 Å². The molecule has 5 nitrogen and oxygen atoms in total. The molecular weight excluding hydrogens is 268 g/mol. The Balaban J connectivity index is 2.26. The summed E-state index contributed by atoms with van der Waals surface area (Å²) in [6.07, 6.45) is 0.801. The van der Waals surface area contributed by atoms with Crippen molar-refractivity contribution in [3.63, 3.8) is 0 Å². The van der Waals surface area contributed by atoms with Crippen molar-refractivity contribution in [1.82, 2.24) is 9.72 Å². The zero-order valence-corrected chi connectivity index (χ0v) is 11.7. The Labute approximate surface area is 121 Å². The number of phenolic OH excluding ortho intramolecular Hbond substituents is 1. The number of rotatable bonds is 3. The minimum atomic E-state index is 0.199. The molecule has 0 atom stereocenters. The van der Waals surface area contributed by atoms with Gasteiger partial charge in [0.15, 0.2) is 12.0 Å². The average Bonchev–Trinajstić information content (AvgIpc) is 3.03. The third-order valence-corrected chi connectivity index (χ3v) is 3.41. The predicted molar refractivity (Wildman–Crippen MR) is 77.8 cm³/mol. The van der Waals surface area contributed by atoms with Crippen LogP contribution in [0.5, 0.6) is 5.75 Å². The normalized spacial score (nSPS) is 10.8. The van der Waals surface area contributed by atoms with Crippen molar-refractivity contribution in [2.75, 3.05) is 0 Å². The van der Waals surface area contributed by atoms with E-state index in [9.17, 15) is 9.90 Å². The Morgan fingerprint density at radius 1 is 1.14 bits per heavy atom. The first-order valence-corrected chi connectivity index (χ1v) is 6.51. The molecule has 0 aliphatic heterocycles. The molecule has 3 aromatic rings. The number of carbonyl (C=O) groups is 1. The van der Waals surface area contributed by atoms with Crippen LogP contribution in [0.1, 0.15) is 21.9 Å². The van der Waals surface area contributed by atoms with E-state index in [2.05, 4.69) is 5.16 Å². The zero-order valence-electron chi connectivity index (χ0n) is 11.7. The summed E-state index contributed by atoms with van der Waals surface area (Å²) in [4.78, 5) is 11.3. The van der Waals surface area contributed by atoms with Gasteiger partial charge in [-0.15, -0.1) is 0 Å². The summed E-state index contributed by atoms with van der Waals surface area (Å²) in [7, 11) is 0. The molecule has 0 radical (unpaired) electrons. The molecular formula is C16H14N2O3. The third kappa shape index (κ3) is 2.12. The van der Waals surface area contributed by atoms with E-state index in [-0.39, 0.29) is 5.75 Å². The lowest BCUT2D eigenvalue weighted by molar-refractivity contribution is 0.111. The van der Waals surface area contributed by atoms with Crippen LogP contribution >= 0.6 is 0 Å². The van der Waals surface area contributed by atoms with E-state index in [1.54, 1.807) is 30.3 Å². The van der Waals surface area contributed by atoms with E-state index < -0.39 is 0 Å². The van der Waals surface area contributed by atoms with Crippen molar-refractivity contribution < 1.29 is 14.4 Å². The quantitative estimate of drug-likeness (QED) is 0.749. The Bertz CT molecular complexity index is 778. The second kappa shape index (κ2) is 4.94. The van der Waals surface area contributed by atoms with Gasteiger partial charge in [0.1, 0.15) is 17.1 Å². The van der Waals surface area contributed by atoms with Gasteiger partial charge >= 0.3 is 0 Å². The highest BCUT2D eigenvalue weighted by molar-refractivity contribution is 5.79. The highest BCUT2D eigenvalue weighted by Gasteiger charge is 2.18. The maximum atomic E-state index is 11.3. The molecule has 2 aromatic heterocycles. The first-order chi connectivity index (χ1) is 10.1. The van der Waals surface area contributed by atoms with Gasteiger partial charge < -0.3 is 14.2 Å². The van der Waals surface area contributed by atoms with Crippen LogP contribution in [0, 0.1) is 13.8 Å². The summed E-state index contributed by atoms with van der Waals surface area (Å²) < 4.78 is 7.02. The number of aromatic hydroxyl groups is 1. The second-order valence-electron chi connectivity index (χ2n) is 4.82. The molecule has 0 saturated heterocycles. The molecule has 106 valence electrons. The predicted octanol–water partition coefficient (Wildman–Crippen LogP) is 3.27. The van der Waals surface area contributed by atoms with Gasteiger partial charge in [0.25, 0.3) is 0 Å². The fourth-order valence-corrected chi connectivity index (χ4v) is 2.45. The highest BCUT2D eigenvalue weighted by Crippen LogP contribution is 2.30. The van der Waals surface area contributed by atoms with Crippen LogP contribution in [0.15, 0.2) is 40.9 Å². The molecule has 0 amide bonds. The molecule has 1 aromatic carbocycles. The van der Waals surface area contributed by atoms with E-state index in [4.69, 9.17) is 4.52 Å². The number of nitrogens with zero attached hydrogens (tertiary/aromatic N) is 2. The molecule has 0 unspecified atom stereocenters. The smallest absolute Gasteiger partial charge is 0.166 e. The van der Waals surface area contributed by atoms with Gasteiger partial charge in [-0.3, -0.25) is 4.79 Å². The number of aryl methyl sites for hydroxylation is 2. The van der Waals surface area contributed by atoms with E-state index in [1.807, 2.05) is 24.5 Å². The van der Waals surface area contributed by atoms with Gasteiger partial charge in [-0.1, -0.05) is 5.16 Å². The summed E-state index contributed by atoms with van der Waals surface area (Å²) in [5, 5.41) is 13.4. The Hall–Kier alpha value is -2.82. The van der Waals surface area contributed by atoms with Gasteiger partial charge in [-0.2, -0.15) is 0 Å². The topological polar surface area (TPSA) is 68.3 Å². The maximum Gasteiger partial charge on any atom is 0.166 e. The van der Waals surface area contributed by atoms with Crippen molar-refractivity contribution in [3.05, 3.63) is 53.5 Å². The van der Waals surface area contributed by atoms with Crippen molar-refractivity contribution in [2.45, 2.75) is 13.8 Å². The van der Waals surface area contributed by atoms with Crippen LogP contribution in [0.3, 0.4) is 0 Å².